The van der Waals surface area contributed by atoms with Crippen molar-refractivity contribution in [3.8, 4) is 28.7 Å². The molecule has 0 bridgehead atoms. The molecular weight excluding hydrogens is 572 g/mol. The van der Waals surface area contributed by atoms with Crippen LogP contribution in [-0.2, 0) is 20.9 Å². The maximum atomic E-state index is 13.8. The minimum Gasteiger partial charge on any atom is -0.497 e. The molecule has 8 nitrogen and oxygen atoms in total. The summed E-state index contributed by atoms with van der Waals surface area (Å²) in [5, 5.41) is 0. The zero-order valence-electron chi connectivity index (χ0n) is 25.7. The Hall–Kier alpha value is -4.95. The van der Waals surface area contributed by atoms with Crippen LogP contribution in [0.2, 0.25) is 0 Å². The van der Waals surface area contributed by atoms with Crippen molar-refractivity contribution in [3.63, 3.8) is 0 Å². The molecule has 232 valence electrons. The zero-order chi connectivity index (χ0) is 31.2. The van der Waals surface area contributed by atoms with Gasteiger partial charge in [-0.2, -0.15) is 0 Å². The van der Waals surface area contributed by atoms with Gasteiger partial charge in [0.2, 0.25) is 6.79 Å². The van der Waals surface area contributed by atoms with Crippen LogP contribution in [0.25, 0.3) is 5.57 Å². The van der Waals surface area contributed by atoms with Crippen LogP contribution in [0.15, 0.2) is 90.5 Å². The predicted molar refractivity (Wildman–Crippen MR) is 169 cm³/mol. The van der Waals surface area contributed by atoms with Crippen LogP contribution in [0, 0.1) is 0 Å². The van der Waals surface area contributed by atoms with E-state index in [1.165, 1.54) is 7.11 Å². The molecule has 1 aliphatic carbocycles. The summed E-state index contributed by atoms with van der Waals surface area (Å²) in [6, 6.07) is 27.3. The van der Waals surface area contributed by atoms with E-state index in [2.05, 4.69) is 6.92 Å². The molecule has 45 heavy (non-hydrogen) atoms. The van der Waals surface area contributed by atoms with Crippen LogP contribution in [0.3, 0.4) is 0 Å². The summed E-state index contributed by atoms with van der Waals surface area (Å²) in [7, 11) is 3.01. The highest BCUT2D eigenvalue weighted by molar-refractivity contribution is 6.08. The molecule has 6 rings (SSSR count). The smallest absolute Gasteiger partial charge is 0.335 e. The third kappa shape index (κ3) is 6.33. The second-order valence-electron chi connectivity index (χ2n) is 10.7. The molecule has 4 aromatic rings. The Balaban J connectivity index is 1.42. The zero-order valence-corrected chi connectivity index (χ0v) is 25.7. The fourth-order valence-corrected chi connectivity index (χ4v) is 5.75. The number of hydrogen-bond acceptors (Lipinski definition) is 8. The van der Waals surface area contributed by atoms with Crippen LogP contribution in [0.5, 0.6) is 28.7 Å². The summed E-state index contributed by atoms with van der Waals surface area (Å²) in [5.41, 5.74) is 5.72. The predicted octanol–water partition coefficient (Wildman–Crippen LogP) is 6.93. The van der Waals surface area contributed by atoms with E-state index in [4.69, 9.17) is 33.2 Å². The molecule has 8 heteroatoms. The molecule has 0 saturated heterocycles. The quantitative estimate of drug-likeness (QED) is 0.119. The van der Waals surface area contributed by atoms with E-state index < -0.39 is 11.9 Å². The minimum absolute atomic E-state index is 0.157. The van der Waals surface area contributed by atoms with E-state index in [-0.39, 0.29) is 6.79 Å². The number of carbonyl (C=O) groups excluding carboxylic acids is 1. The maximum Gasteiger partial charge on any atom is 0.335 e. The van der Waals surface area contributed by atoms with Crippen molar-refractivity contribution in [3.05, 3.63) is 118 Å². The van der Waals surface area contributed by atoms with Gasteiger partial charge in [0, 0.05) is 23.1 Å². The number of ether oxygens (including phenoxy) is 7. The summed E-state index contributed by atoms with van der Waals surface area (Å²) in [4.78, 5) is 13.8. The molecule has 0 spiro atoms. The van der Waals surface area contributed by atoms with E-state index >= 15 is 0 Å². The molecule has 1 aliphatic heterocycles. The van der Waals surface area contributed by atoms with Gasteiger partial charge >= 0.3 is 5.97 Å². The standard InChI is InChI=1S/C37H36O8/c1-4-16-42-27-12-13-28-30(20-27)35(36(37(38)40-3)34(28)25-10-15-31-33(19-25)45-23-44-31)29-14-11-26(39-2)21-32(29)43-18-17-41-22-24-8-6-5-7-9-24/h5-15,19-21,34H,4,16-18,22-23H2,1-3H3/t34-/m0/s1. The molecule has 0 N–H and O–H groups in total. The van der Waals surface area contributed by atoms with Gasteiger partial charge in [-0.15, -0.1) is 0 Å². The van der Waals surface area contributed by atoms with E-state index in [0.717, 1.165) is 34.2 Å². The van der Waals surface area contributed by atoms with Gasteiger partial charge in [0.05, 0.1) is 39.6 Å². The summed E-state index contributed by atoms with van der Waals surface area (Å²) >= 11 is 0. The van der Waals surface area contributed by atoms with Crippen molar-refractivity contribution in [2.75, 3.05) is 40.8 Å². The number of benzene rings is 4. The Morgan fingerprint density at radius 2 is 1.62 bits per heavy atom. The number of esters is 1. The van der Waals surface area contributed by atoms with Gasteiger partial charge in [0.25, 0.3) is 0 Å². The van der Waals surface area contributed by atoms with Crippen molar-refractivity contribution in [1.82, 2.24) is 0 Å². The lowest BCUT2D eigenvalue weighted by molar-refractivity contribution is -0.136. The molecule has 0 saturated carbocycles. The highest BCUT2D eigenvalue weighted by Gasteiger charge is 2.39. The van der Waals surface area contributed by atoms with Gasteiger partial charge in [-0.1, -0.05) is 49.4 Å². The lowest BCUT2D eigenvalue weighted by Crippen LogP contribution is -2.13. The summed E-state index contributed by atoms with van der Waals surface area (Å²) in [6.45, 7) is 3.95. The average Bonchev–Trinajstić information content (AvgIpc) is 3.69. The van der Waals surface area contributed by atoms with Crippen LogP contribution in [-0.4, -0.2) is 46.8 Å². The van der Waals surface area contributed by atoms with Crippen LogP contribution in [0.1, 0.15) is 47.1 Å². The number of fused-ring (bicyclic) bond motifs is 2. The first-order valence-electron chi connectivity index (χ1n) is 15.0. The van der Waals surface area contributed by atoms with Gasteiger partial charge in [0.1, 0.15) is 23.9 Å². The first kappa shape index (κ1) is 30.1. The number of rotatable bonds is 13. The van der Waals surface area contributed by atoms with E-state index in [1.54, 1.807) is 7.11 Å². The Morgan fingerprint density at radius 1 is 0.800 bits per heavy atom. The number of hydrogen-bond donors (Lipinski definition) is 0. The second kappa shape index (κ2) is 13.8. The average molecular weight is 609 g/mol. The Kier molecular flexibility index (Phi) is 9.22. The van der Waals surface area contributed by atoms with Gasteiger partial charge in [-0.25, -0.2) is 4.79 Å². The molecule has 0 aromatic heterocycles. The van der Waals surface area contributed by atoms with E-state index in [0.29, 0.717) is 66.3 Å². The first-order valence-corrected chi connectivity index (χ1v) is 15.0. The SMILES string of the molecule is CCCOc1ccc2c(c1)C(c1ccc(OC)cc1OCCOCc1ccccc1)=C(C(=O)OC)[C@H]2c1ccc2c(c1)OCO2. The molecule has 0 amide bonds. The Morgan fingerprint density at radius 3 is 2.42 bits per heavy atom. The summed E-state index contributed by atoms with van der Waals surface area (Å²) in [5.74, 6) is 2.35. The number of methoxy groups -OCH3 is 2. The van der Waals surface area contributed by atoms with Crippen molar-refractivity contribution in [1.29, 1.82) is 0 Å². The monoisotopic (exact) mass is 608 g/mol. The fraction of sp³-hybridized carbons (Fsp3) is 0.270. The highest BCUT2D eigenvalue weighted by Crippen LogP contribution is 2.52. The molecule has 1 atom stereocenters. The lowest BCUT2D eigenvalue weighted by atomic mass is 9.87. The normalized spacial score (nSPS) is 14.7. The Labute approximate surface area is 263 Å². The molecule has 0 radical (unpaired) electrons. The van der Waals surface area contributed by atoms with Crippen LogP contribution in [0.4, 0.5) is 0 Å². The fourth-order valence-electron chi connectivity index (χ4n) is 5.75. The third-order valence-electron chi connectivity index (χ3n) is 7.83. The molecule has 1 heterocycles. The molecule has 0 unspecified atom stereocenters. The maximum absolute atomic E-state index is 13.8. The third-order valence-corrected chi connectivity index (χ3v) is 7.83. The van der Waals surface area contributed by atoms with Gasteiger partial charge in [0.15, 0.2) is 11.5 Å². The Bertz CT molecular complexity index is 1690. The largest absolute Gasteiger partial charge is 0.497 e. The van der Waals surface area contributed by atoms with Gasteiger partial charge in [-0.05, 0) is 65.1 Å². The summed E-state index contributed by atoms with van der Waals surface area (Å²) < 4.78 is 40.5. The van der Waals surface area contributed by atoms with Crippen molar-refractivity contribution in [2.45, 2.75) is 25.9 Å². The molecule has 0 fully saturated rings. The van der Waals surface area contributed by atoms with Crippen molar-refractivity contribution >= 4 is 11.5 Å². The first-order chi connectivity index (χ1) is 22.1. The van der Waals surface area contributed by atoms with Crippen molar-refractivity contribution in [2.24, 2.45) is 0 Å². The topological polar surface area (TPSA) is 81.7 Å². The lowest BCUT2D eigenvalue weighted by Gasteiger charge is -2.18. The van der Waals surface area contributed by atoms with E-state index in [9.17, 15) is 4.79 Å². The number of carbonyl (C=O) groups is 1. The van der Waals surface area contributed by atoms with Crippen molar-refractivity contribution < 1.29 is 38.0 Å². The highest BCUT2D eigenvalue weighted by atomic mass is 16.7. The van der Waals surface area contributed by atoms with Gasteiger partial charge < -0.3 is 33.2 Å². The summed E-state index contributed by atoms with van der Waals surface area (Å²) in [6.07, 6.45) is 0.871. The molecule has 4 aromatic carbocycles. The van der Waals surface area contributed by atoms with Crippen LogP contribution < -0.4 is 23.7 Å². The van der Waals surface area contributed by atoms with Crippen LogP contribution >= 0.6 is 0 Å². The second-order valence-corrected chi connectivity index (χ2v) is 10.7. The molecular formula is C37H36O8. The van der Waals surface area contributed by atoms with E-state index in [1.807, 2.05) is 84.9 Å². The van der Waals surface area contributed by atoms with Gasteiger partial charge in [-0.3, -0.25) is 0 Å². The minimum atomic E-state index is -0.437. The molecule has 2 aliphatic rings.